The average molecular weight is 332 g/mol. The number of thiophene rings is 1. The minimum absolute atomic E-state index is 0.418. The maximum Gasteiger partial charge on any atom is 0.349 e. The van der Waals surface area contributed by atoms with Crippen LogP contribution in [0.5, 0.6) is 0 Å². The van der Waals surface area contributed by atoms with Crippen LogP contribution < -0.4 is 10.6 Å². The fourth-order valence-electron chi connectivity index (χ4n) is 1.85. The Bertz CT molecular complexity index is 722. The molecule has 0 bridgehead atoms. The van der Waals surface area contributed by atoms with Crippen LogP contribution in [0.2, 0.25) is 0 Å². The second-order valence-electron chi connectivity index (χ2n) is 4.73. The van der Waals surface area contributed by atoms with Gasteiger partial charge in [-0.1, -0.05) is 29.8 Å². The molecule has 0 aliphatic carbocycles. The number of imide groups is 1. The predicted octanol–water partition coefficient (Wildman–Crippen LogP) is 2.34. The summed E-state index contributed by atoms with van der Waals surface area (Å²) < 4.78 is 4.96. The average Bonchev–Trinajstić information content (AvgIpc) is 3.02. The van der Waals surface area contributed by atoms with Crippen molar-refractivity contribution in [2.75, 3.05) is 13.7 Å². The van der Waals surface area contributed by atoms with Crippen LogP contribution in [0.1, 0.15) is 15.2 Å². The Kier molecular flexibility index (Phi) is 5.48. The van der Waals surface area contributed by atoms with Gasteiger partial charge in [0.2, 0.25) is 0 Å². The molecule has 2 aromatic rings. The van der Waals surface area contributed by atoms with Gasteiger partial charge in [0.15, 0.2) is 6.61 Å². The fraction of sp³-hybridized carbons (Fsp3) is 0.188. The first-order valence-electron chi connectivity index (χ1n) is 6.84. The lowest BCUT2D eigenvalue weighted by atomic mass is 10.1. The monoisotopic (exact) mass is 332 g/mol. The lowest BCUT2D eigenvalue weighted by Gasteiger charge is -2.06. The number of hydrogen-bond acceptors (Lipinski definition) is 5. The van der Waals surface area contributed by atoms with Crippen molar-refractivity contribution in [3.63, 3.8) is 0 Å². The van der Waals surface area contributed by atoms with Crippen LogP contribution in [0, 0.1) is 6.92 Å². The number of hydrogen-bond donors (Lipinski definition) is 2. The second-order valence-corrected chi connectivity index (χ2v) is 5.65. The van der Waals surface area contributed by atoms with E-state index in [1.54, 1.807) is 5.38 Å². The highest BCUT2D eigenvalue weighted by Crippen LogP contribution is 2.29. The summed E-state index contributed by atoms with van der Waals surface area (Å²) in [4.78, 5) is 35.0. The number of amides is 3. The van der Waals surface area contributed by atoms with E-state index in [1.807, 2.05) is 42.6 Å². The number of nitrogens with one attached hydrogen (secondary N) is 2. The van der Waals surface area contributed by atoms with Crippen molar-refractivity contribution in [1.29, 1.82) is 0 Å². The van der Waals surface area contributed by atoms with Gasteiger partial charge in [-0.05, 0) is 23.9 Å². The van der Waals surface area contributed by atoms with E-state index in [2.05, 4.69) is 5.32 Å². The highest BCUT2D eigenvalue weighted by atomic mass is 32.1. The smallest absolute Gasteiger partial charge is 0.349 e. The minimum atomic E-state index is -0.689. The first-order valence-corrected chi connectivity index (χ1v) is 7.72. The van der Waals surface area contributed by atoms with Crippen molar-refractivity contribution >= 4 is 29.2 Å². The quantitative estimate of drug-likeness (QED) is 0.842. The van der Waals surface area contributed by atoms with Crippen LogP contribution in [0.25, 0.3) is 11.1 Å². The highest BCUT2D eigenvalue weighted by molar-refractivity contribution is 7.12. The largest absolute Gasteiger partial charge is 0.451 e. The molecule has 0 unspecified atom stereocenters. The summed E-state index contributed by atoms with van der Waals surface area (Å²) in [6, 6.07) is 8.94. The molecule has 7 heteroatoms. The Hall–Kier alpha value is -2.67. The van der Waals surface area contributed by atoms with Gasteiger partial charge in [0, 0.05) is 12.6 Å². The lowest BCUT2D eigenvalue weighted by Crippen LogP contribution is -2.39. The molecule has 0 saturated carbocycles. The van der Waals surface area contributed by atoms with Gasteiger partial charge < -0.3 is 10.1 Å². The van der Waals surface area contributed by atoms with Gasteiger partial charge in [-0.3, -0.25) is 10.1 Å². The number of urea groups is 1. The van der Waals surface area contributed by atoms with E-state index in [-0.39, 0.29) is 0 Å². The molecule has 0 saturated heterocycles. The number of rotatable bonds is 4. The lowest BCUT2D eigenvalue weighted by molar-refractivity contribution is -0.123. The SMILES string of the molecule is CNC(=O)NC(=O)COC(=O)c1sccc1-c1ccc(C)cc1. The van der Waals surface area contributed by atoms with Gasteiger partial charge in [0.1, 0.15) is 4.88 Å². The van der Waals surface area contributed by atoms with E-state index in [0.717, 1.165) is 16.7 Å². The molecule has 120 valence electrons. The van der Waals surface area contributed by atoms with Crippen molar-refractivity contribution in [2.24, 2.45) is 0 Å². The van der Waals surface area contributed by atoms with Crippen LogP contribution in [0.3, 0.4) is 0 Å². The zero-order chi connectivity index (χ0) is 16.8. The van der Waals surface area contributed by atoms with E-state index >= 15 is 0 Å². The summed E-state index contributed by atoms with van der Waals surface area (Å²) in [6.45, 7) is 1.47. The van der Waals surface area contributed by atoms with Gasteiger partial charge in [-0.25, -0.2) is 9.59 Å². The topological polar surface area (TPSA) is 84.5 Å². The molecule has 0 aliphatic heterocycles. The third kappa shape index (κ3) is 4.40. The van der Waals surface area contributed by atoms with Crippen molar-refractivity contribution < 1.29 is 19.1 Å². The van der Waals surface area contributed by atoms with Crippen molar-refractivity contribution in [2.45, 2.75) is 6.92 Å². The molecule has 3 amide bonds. The van der Waals surface area contributed by atoms with E-state index in [4.69, 9.17) is 4.74 Å². The minimum Gasteiger partial charge on any atom is -0.451 e. The van der Waals surface area contributed by atoms with Gasteiger partial charge in [-0.2, -0.15) is 0 Å². The van der Waals surface area contributed by atoms with E-state index in [0.29, 0.717) is 4.88 Å². The normalized spacial score (nSPS) is 10.0. The zero-order valence-corrected chi connectivity index (χ0v) is 13.5. The number of carbonyl (C=O) groups is 3. The number of ether oxygens (including phenoxy) is 1. The maximum absolute atomic E-state index is 12.1. The third-order valence-corrected chi connectivity index (χ3v) is 3.92. The van der Waals surface area contributed by atoms with Crippen LogP contribution in [0.4, 0.5) is 4.79 Å². The standard InChI is InChI=1S/C16H16N2O4S/c1-10-3-5-11(6-4-10)12-7-8-23-14(12)15(20)22-9-13(19)18-16(21)17-2/h3-8H,9H2,1-2H3,(H2,17,18,19,21). The van der Waals surface area contributed by atoms with Gasteiger partial charge >= 0.3 is 12.0 Å². The first kappa shape index (κ1) is 16.7. The van der Waals surface area contributed by atoms with E-state index in [1.165, 1.54) is 18.4 Å². The number of carbonyl (C=O) groups excluding carboxylic acids is 3. The van der Waals surface area contributed by atoms with Crippen LogP contribution in [-0.4, -0.2) is 31.6 Å². The summed E-state index contributed by atoms with van der Waals surface area (Å²) in [5.41, 5.74) is 2.78. The van der Waals surface area contributed by atoms with Crippen molar-refractivity contribution in [3.8, 4) is 11.1 Å². The summed E-state index contributed by atoms with van der Waals surface area (Å²) >= 11 is 1.24. The third-order valence-electron chi connectivity index (χ3n) is 3.03. The van der Waals surface area contributed by atoms with E-state index in [9.17, 15) is 14.4 Å². The molecule has 2 N–H and O–H groups in total. The predicted molar refractivity (Wildman–Crippen MR) is 87.4 cm³/mol. The maximum atomic E-state index is 12.1. The zero-order valence-electron chi connectivity index (χ0n) is 12.7. The van der Waals surface area contributed by atoms with Crippen LogP contribution in [-0.2, 0) is 9.53 Å². The Morgan fingerprint density at radius 3 is 2.48 bits per heavy atom. The molecule has 0 aliphatic rings. The molecule has 0 atom stereocenters. The number of benzene rings is 1. The molecule has 0 radical (unpaired) electrons. The van der Waals surface area contributed by atoms with Gasteiger partial charge in [0.05, 0.1) is 0 Å². The van der Waals surface area contributed by atoms with Gasteiger partial charge in [0.25, 0.3) is 5.91 Å². The van der Waals surface area contributed by atoms with Crippen LogP contribution in [0.15, 0.2) is 35.7 Å². The number of esters is 1. The molecule has 6 nitrogen and oxygen atoms in total. The van der Waals surface area contributed by atoms with Gasteiger partial charge in [-0.15, -0.1) is 11.3 Å². The van der Waals surface area contributed by atoms with E-state index < -0.39 is 24.5 Å². The Morgan fingerprint density at radius 2 is 1.83 bits per heavy atom. The molecule has 0 spiro atoms. The van der Waals surface area contributed by atoms with Crippen molar-refractivity contribution in [1.82, 2.24) is 10.6 Å². The fourth-order valence-corrected chi connectivity index (χ4v) is 2.66. The molecule has 1 aromatic heterocycles. The molecule has 1 aromatic carbocycles. The Balaban J connectivity index is 2.04. The summed E-state index contributed by atoms with van der Waals surface area (Å²) in [7, 11) is 1.38. The second kappa shape index (κ2) is 7.55. The number of aryl methyl sites for hydroxylation is 1. The van der Waals surface area contributed by atoms with Crippen molar-refractivity contribution in [3.05, 3.63) is 46.2 Å². The molecule has 0 fully saturated rings. The summed E-state index contributed by atoms with van der Waals surface area (Å²) in [6.07, 6.45) is 0. The first-order chi connectivity index (χ1) is 11.0. The summed E-state index contributed by atoms with van der Waals surface area (Å²) in [5.74, 6) is -1.28. The Morgan fingerprint density at radius 1 is 1.13 bits per heavy atom. The molecule has 1 heterocycles. The Labute approximate surface area is 137 Å². The highest BCUT2D eigenvalue weighted by Gasteiger charge is 2.17. The molecule has 23 heavy (non-hydrogen) atoms. The summed E-state index contributed by atoms with van der Waals surface area (Å²) in [5, 5.41) is 6.04. The molecule has 2 rings (SSSR count). The molecular formula is C16H16N2O4S. The van der Waals surface area contributed by atoms with Crippen LogP contribution >= 0.6 is 11.3 Å². The molecular weight excluding hydrogens is 316 g/mol.